The van der Waals surface area contributed by atoms with Gasteiger partial charge in [0.2, 0.25) is 5.95 Å². The van der Waals surface area contributed by atoms with E-state index in [0.717, 1.165) is 16.1 Å². The molecule has 1 aliphatic rings. The van der Waals surface area contributed by atoms with E-state index in [1.165, 1.54) is 18.6 Å². The van der Waals surface area contributed by atoms with Crippen LogP contribution in [0, 0.1) is 3.57 Å². The molecule has 0 saturated carbocycles. The van der Waals surface area contributed by atoms with Crippen LogP contribution in [0.1, 0.15) is 19.8 Å². The lowest BCUT2D eigenvalue weighted by atomic mass is 10.1. The first-order chi connectivity index (χ1) is 7.18. The van der Waals surface area contributed by atoms with E-state index in [1.54, 1.807) is 0 Å². The van der Waals surface area contributed by atoms with Crippen molar-refractivity contribution < 1.29 is 0 Å². The van der Waals surface area contributed by atoms with E-state index in [-0.39, 0.29) is 0 Å². The van der Waals surface area contributed by atoms with Gasteiger partial charge < -0.3 is 5.32 Å². The summed E-state index contributed by atoms with van der Waals surface area (Å²) in [6, 6.07) is 0. The summed E-state index contributed by atoms with van der Waals surface area (Å²) in [6.45, 7) is 3.27. The van der Waals surface area contributed by atoms with Crippen LogP contribution in [-0.2, 0) is 0 Å². The van der Waals surface area contributed by atoms with Crippen molar-refractivity contribution in [3.63, 3.8) is 0 Å². The van der Waals surface area contributed by atoms with E-state index >= 15 is 0 Å². The molecule has 0 amide bonds. The van der Waals surface area contributed by atoms with Gasteiger partial charge in [-0.15, -0.1) is 0 Å². The molecule has 0 aromatic carbocycles. The maximum atomic E-state index is 4.23. The highest BCUT2D eigenvalue weighted by Gasteiger charge is 2.29. The van der Waals surface area contributed by atoms with Gasteiger partial charge in [0.1, 0.15) is 0 Å². The highest BCUT2D eigenvalue weighted by Crippen LogP contribution is 2.37. The number of hydrogen-bond donors (Lipinski definition) is 1. The maximum absolute atomic E-state index is 4.23. The van der Waals surface area contributed by atoms with Gasteiger partial charge in [0.15, 0.2) is 0 Å². The van der Waals surface area contributed by atoms with Gasteiger partial charge in [-0.1, -0.05) is 0 Å². The Hall–Kier alpha value is -0.0400. The lowest BCUT2D eigenvalue weighted by molar-refractivity contribution is 0.632. The first-order valence-corrected chi connectivity index (χ1v) is 7.10. The summed E-state index contributed by atoms with van der Waals surface area (Å²) >= 11 is 4.26. The Morgan fingerprint density at radius 1 is 1.53 bits per heavy atom. The SMILES string of the molecule is CC1(CNc2ncc(I)cn2)CCCS1. The number of halogens is 1. The second kappa shape index (κ2) is 4.86. The minimum atomic E-state index is 0.367. The zero-order valence-corrected chi connectivity index (χ0v) is 11.6. The Morgan fingerprint density at radius 2 is 2.27 bits per heavy atom. The molecule has 1 unspecified atom stereocenters. The number of rotatable bonds is 3. The van der Waals surface area contributed by atoms with Crippen molar-refractivity contribution in [3.8, 4) is 0 Å². The van der Waals surface area contributed by atoms with Crippen LogP contribution in [-0.4, -0.2) is 27.0 Å². The summed E-state index contributed by atoms with van der Waals surface area (Å²) in [5.74, 6) is 2.02. The van der Waals surface area contributed by atoms with Gasteiger partial charge in [0, 0.05) is 27.3 Å². The quantitative estimate of drug-likeness (QED) is 0.862. The molecular formula is C10H14IN3S. The summed E-state index contributed by atoms with van der Waals surface area (Å²) in [4.78, 5) is 8.46. The van der Waals surface area contributed by atoms with E-state index < -0.39 is 0 Å². The van der Waals surface area contributed by atoms with E-state index in [9.17, 15) is 0 Å². The van der Waals surface area contributed by atoms with Gasteiger partial charge >= 0.3 is 0 Å². The van der Waals surface area contributed by atoms with E-state index in [0.29, 0.717) is 4.75 Å². The molecule has 0 radical (unpaired) electrons. The van der Waals surface area contributed by atoms with Gasteiger partial charge in [0.05, 0.1) is 0 Å². The highest BCUT2D eigenvalue weighted by molar-refractivity contribution is 14.1. The third kappa shape index (κ3) is 3.21. The zero-order valence-electron chi connectivity index (χ0n) is 8.66. The first-order valence-electron chi connectivity index (χ1n) is 5.03. The molecule has 1 aliphatic heterocycles. The van der Waals surface area contributed by atoms with Gasteiger partial charge in [-0.25, -0.2) is 9.97 Å². The molecule has 2 rings (SSSR count). The minimum Gasteiger partial charge on any atom is -0.353 e. The Bertz CT molecular complexity index is 322. The average molecular weight is 335 g/mol. The molecule has 3 nitrogen and oxygen atoms in total. The third-order valence-electron chi connectivity index (χ3n) is 2.54. The van der Waals surface area contributed by atoms with Crippen molar-refractivity contribution in [1.29, 1.82) is 0 Å². The van der Waals surface area contributed by atoms with Crippen molar-refractivity contribution in [3.05, 3.63) is 16.0 Å². The van der Waals surface area contributed by atoms with Gasteiger partial charge in [-0.2, -0.15) is 11.8 Å². The predicted octanol–water partition coefficient (Wildman–Crippen LogP) is 2.78. The van der Waals surface area contributed by atoms with E-state index in [2.05, 4.69) is 44.8 Å². The standard InChI is InChI=1S/C10H14IN3S/c1-10(3-2-4-15-10)7-14-9-12-5-8(11)6-13-9/h5-6H,2-4,7H2,1H3,(H,12,13,14). The molecule has 2 heterocycles. The molecule has 0 aliphatic carbocycles. The number of nitrogens with zero attached hydrogens (tertiary/aromatic N) is 2. The molecular weight excluding hydrogens is 321 g/mol. The molecule has 5 heteroatoms. The smallest absolute Gasteiger partial charge is 0.222 e. The van der Waals surface area contributed by atoms with Crippen LogP contribution in [0.15, 0.2) is 12.4 Å². The lowest BCUT2D eigenvalue weighted by Gasteiger charge is -2.22. The minimum absolute atomic E-state index is 0.367. The van der Waals surface area contributed by atoms with Crippen LogP contribution < -0.4 is 5.32 Å². The predicted molar refractivity (Wildman–Crippen MR) is 73.3 cm³/mol. The molecule has 1 aromatic heterocycles. The number of anilines is 1. The Morgan fingerprint density at radius 3 is 2.87 bits per heavy atom. The normalized spacial score (nSPS) is 25.5. The highest BCUT2D eigenvalue weighted by atomic mass is 127. The van der Waals surface area contributed by atoms with Crippen molar-refractivity contribution in [2.24, 2.45) is 0 Å². The summed E-state index contributed by atoms with van der Waals surface area (Å²) in [6.07, 6.45) is 6.28. The lowest BCUT2D eigenvalue weighted by Crippen LogP contribution is -2.27. The van der Waals surface area contributed by atoms with Crippen LogP contribution in [0.2, 0.25) is 0 Å². The second-order valence-electron chi connectivity index (χ2n) is 3.98. The molecule has 15 heavy (non-hydrogen) atoms. The Balaban J connectivity index is 1.90. The number of nitrogens with one attached hydrogen (secondary N) is 1. The molecule has 82 valence electrons. The van der Waals surface area contributed by atoms with Crippen molar-refractivity contribution in [2.45, 2.75) is 24.5 Å². The molecule has 1 aromatic rings. The summed E-state index contributed by atoms with van der Waals surface area (Å²) in [5, 5.41) is 3.31. The van der Waals surface area contributed by atoms with Crippen molar-refractivity contribution >= 4 is 40.3 Å². The molecule has 0 bridgehead atoms. The van der Waals surface area contributed by atoms with Crippen molar-refractivity contribution in [1.82, 2.24) is 9.97 Å². The average Bonchev–Trinajstić information content (AvgIpc) is 2.65. The molecule has 1 saturated heterocycles. The number of hydrogen-bond acceptors (Lipinski definition) is 4. The monoisotopic (exact) mass is 335 g/mol. The fourth-order valence-electron chi connectivity index (χ4n) is 1.65. The topological polar surface area (TPSA) is 37.8 Å². The van der Waals surface area contributed by atoms with Gasteiger partial charge in [-0.3, -0.25) is 0 Å². The summed E-state index contributed by atoms with van der Waals surface area (Å²) < 4.78 is 1.44. The molecule has 0 spiro atoms. The largest absolute Gasteiger partial charge is 0.353 e. The van der Waals surface area contributed by atoms with Crippen LogP contribution in [0.4, 0.5) is 5.95 Å². The maximum Gasteiger partial charge on any atom is 0.222 e. The number of aromatic nitrogens is 2. The first kappa shape index (κ1) is 11.4. The fraction of sp³-hybridized carbons (Fsp3) is 0.600. The number of thioether (sulfide) groups is 1. The Labute approximate surface area is 108 Å². The molecule has 1 N–H and O–H groups in total. The second-order valence-corrected chi connectivity index (χ2v) is 6.91. The zero-order chi connectivity index (χ0) is 10.7. The van der Waals surface area contributed by atoms with E-state index in [4.69, 9.17) is 0 Å². The van der Waals surface area contributed by atoms with Crippen LogP contribution >= 0.6 is 34.4 Å². The van der Waals surface area contributed by atoms with Crippen LogP contribution in [0.5, 0.6) is 0 Å². The van der Waals surface area contributed by atoms with Crippen LogP contribution in [0.25, 0.3) is 0 Å². The summed E-state index contributed by atoms with van der Waals surface area (Å²) in [5.41, 5.74) is 0. The van der Waals surface area contributed by atoms with E-state index in [1.807, 2.05) is 24.2 Å². The van der Waals surface area contributed by atoms with Crippen LogP contribution in [0.3, 0.4) is 0 Å². The van der Waals surface area contributed by atoms with Crippen molar-refractivity contribution in [2.75, 3.05) is 17.6 Å². The fourth-order valence-corrected chi connectivity index (χ4v) is 3.17. The third-order valence-corrected chi connectivity index (χ3v) is 4.64. The van der Waals surface area contributed by atoms with Gasteiger partial charge in [0.25, 0.3) is 0 Å². The summed E-state index contributed by atoms with van der Waals surface area (Å²) in [7, 11) is 0. The van der Waals surface area contributed by atoms with Gasteiger partial charge in [-0.05, 0) is 48.1 Å². The Kier molecular flexibility index (Phi) is 3.71. The molecule has 1 atom stereocenters. The molecule has 1 fully saturated rings.